The number of aliphatic hydroxyl groups is 1. The highest BCUT2D eigenvalue weighted by atomic mass is 16.5. The number of methoxy groups -OCH3 is 1. The first kappa shape index (κ1) is 13.3. The zero-order valence-corrected chi connectivity index (χ0v) is 10.1. The quantitative estimate of drug-likeness (QED) is 0.662. The molecule has 1 atom stereocenters. The van der Waals surface area contributed by atoms with Crippen LogP contribution in [-0.4, -0.2) is 30.8 Å². The van der Waals surface area contributed by atoms with E-state index >= 15 is 0 Å². The molecule has 17 heavy (non-hydrogen) atoms. The predicted molar refractivity (Wildman–Crippen MR) is 66.0 cm³/mol. The molecule has 4 N–H and O–H groups in total. The molecule has 0 aliphatic carbocycles. The number of carbonyl (C=O) groups is 1. The third-order valence-corrected chi connectivity index (χ3v) is 2.48. The minimum Gasteiger partial charge on any atom is -0.497 e. The topological polar surface area (TPSA) is 84.6 Å². The molecule has 0 saturated carbocycles. The highest BCUT2D eigenvalue weighted by molar-refractivity contribution is 5.95. The molecule has 1 amide bonds. The first-order chi connectivity index (χ1) is 8.10. The highest BCUT2D eigenvalue weighted by Crippen LogP contribution is 2.18. The molecule has 0 unspecified atom stereocenters. The molecule has 5 heteroatoms. The monoisotopic (exact) mass is 238 g/mol. The fourth-order valence-corrected chi connectivity index (χ4v) is 1.42. The van der Waals surface area contributed by atoms with Gasteiger partial charge in [-0.05, 0) is 18.6 Å². The maximum absolute atomic E-state index is 11.9. The van der Waals surface area contributed by atoms with Gasteiger partial charge in [-0.2, -0.15) is 0 Å². The van der Waals surface area contributed by atoms with Gasteiger partial charge in [0.05, 0.1) is 19.8 Å². The fourth-order valence-electron chi connectivity index (χ4n) is 1.42. The second-order valence-electron chi connectivity index (χ2n) is 3.76. The van der Waals surface area contributed by atoms with Gasteiger partial charge in [-0.3, -0.25) is 4.79 Å². The number of ether oxygens (including phenoxy) is 1. The largest absolute Gasteiger partial charge is 0.497 e. The van der Waals surface area contributed by atoms with E-state index < -0.39 is 0 Å². The van der Waals surface area contributed by atoms with Crippen molar-refractivity contribution in [3.05, 3.63) is 23.8 Å². The van der Waals surface area contributed by atoms with E-state index in [2.05, 4.69) is 5.32 Å². The lowest BCUT2D eigenvalue weighted by molar-refractivity contribution is 0.0914. The highest BCUT2D eigenvalue weighted by Gasteiger charge is 2.12. The van der Waals surface area contributed by atoms with Gasteiger partial charge in [0, 0.05) is 17.3 Å². The SMILES string of the molecule is CC[C@H](CO)NC(=O)c1cc(N)cc(OC)c1. The van der Waals surface area contributed by atoms with E-state index in [-0.39, 0.29) is 18.6 Å². The summed E-state index contributed by atoms with van der Waals surface area (Å²) in [5.74, 6) is 0.267. The Morgan fingerprint density at radius 1 is 1.53 bits per heavy atom. The van der Waals surface area contributed by atoms with Gasteiger partial charge in [0.1, 0.15) is 5.75 Å². The number of carbonyl (C=O) groups excluding carboxylic acids is 1. The van der Waals surface area contributed by atoms with Gasteiger partial charge in [0.2, 0.25) is 0 Å². The van der Waals surface area contributed by atoms with Crippen LogP contribution in [0.4, 0.5) is 5.69 Å². The van der Waals surface area contributed by atoms with Crippen molar-refractivity contribution in [3.8, 4) is 5.75 Å². The lowest BCUT2D eigenvalue weighted by Gasteiger charge is -2.14. The van der Waals surface area contributed by atoms with E-state index in [0.29, 0.717) is 23.4 Å². The van der Waals surface area contributed by atoms with Crippen LogP contribution in [0.2, 0.25) is 0 Å². The van der Waals surface area contributed by atoms with Crippen LogP contribution >= 0.6 is 0 Å². The van der Waals surface area contributed by atoms with Crippen LogP contribution in [0, 0.1) is 0 Å². The number of hydrogen-bond acceptors (Lipinski definition) is 4. The maximum atomic E-state index is 11.9. The predicted octanol–water partition coefficient (Wildman–Crippen LogP) is 0.778. The molecule has 0 bridgehead atoms. The van der Waals surface area contributed by atoms with Crippen LogP contribution in [0.15, 0.2) is 18.2 Å². The number of nitrogens with one attached hydrogen (secondary N) is 1. The summed E-state index contributed by atoms with van der Waals surface area (Å²) >= 11 is 0. The zero-order chi connectivity index (χ0) is 12.8. The number of anilines is 1. The van der Waals surface area contributed by atoms with Crippen molar-refractivity contribution in [1.29, 1.82) is 0 Å². The maximum Gasteiger partial charge on any atom is 0.251 e. The summed E-state index contributed by atoms with van der Waals surface area (Å²) in [4.78, 5) is 11.9. The van der Waals surface area contributed by atoms with Gasteiger partial charge in [-0.1, -0.05) is 6.92 Å². The second kappa shape index (κ2) is 6.10. The van der Waals surface area contributed by atoms with Crippen molar-refractivity contribution >= 4 is 11.6 Å². The number of benzene rings is 1. The Kier molecular flexibility index (Phi) is 4.78. The molecule has 0 saturated heterocycles. The number of hydrogen-bond donors (Lipinski definition) is 3. The third-order valence-electron chi connectivity index (χ3n) is 2.48. The van der Waals surface area contributed by atoms with Crippen LogP contribution < -0.4 is 15.8 Å². The number of amides is 1. The van der Waals surface area contributed by atoms with Gasteiger partial charge >= 0.3 is 0 Å². The second-order valence-corrected chi connectivity index (χ2v) is 3.76. The Balaban J connectivity index is 2.84. The van der Waals surface area contributed by atoms with Gasteiger partial charge in [-0.15, -0.1) is 0 Å². The van der Waals surface area contributed by atoms with E-state index in [1.807, 2.05) is 6.92 Å². The first-order valence-electron chi connectivity index (χ1n) is 5.47. The Labute approximate surface area is 101 Å². The normalized spacial score (nSPS) is 11.9. The van der Waals surface area contributed by atoms with Crippen LogP contribution in [0.5, 0.6) is 5.75 Å². The van der Waals surface area contributed by atoms with Crippen molar-refractivity contribution in [1.82, 2.24) is 5.32 Å². The molecule has 0 fully saturated rings. The average molecular weight is 238 g/mol. The Hall–Kier alpha value is -1.75. The Morgan fingerprint density at radius 2 is 2.24 bits per heavy atom. The summed E-state index contributed by atoms with van der Waals surface area (Å²) in [6.07, 6.45) is 0.668. The first-order valence-corrected chi connectivity index (χ1v) is 5.47. The van der Waals surface area contributed by atoms with Gasteiger partial charge in [0.15, 0.2) is 0 Å². The lowest BCUT2D eigenvalue weighted by Crippen LogP contribution is -2.36. The molecule has 0 radical (unpaired) electrons. The number of nitrogens with two attached hydrogens (primary N) is 1. The average Bonchev–Trinajstić information content (AvgIpc) is 2.34. The molecule has 1 rings (SSSR count). The van der Waals surface area contributed by atoms with Crippen molar-refractivity contribution in [3.63, 3.8) is 0 Å². The molecule has 0 heterocycles. The van der Waals surface area contributed by atoms with E-state index in [1.165, 1.54) is 7.11 Å². The molecule has 1 aromatic carbocycles. The Morgan fingerprint density at radius 3 is 2.76 bits per heavy atom. The fraction of sp³-hybridized carbons (Fsp3) is 0.417. The van der Waals surface area contributed by atoms with Crippen molar-refractivity contribution in [2.24, 2.45) is 0 Å². The molecule has 0 spiro atoms. The molecule has 5 nitrogen and oxygen atoms in total. The zero-order valence-electron chi connectivity index (χ0n) is 10.1. The summed E-state index contributed by atoms with van der Waals surface area (Å²) in [7, 11) is 1.51. The molecule has 0 aliphatic heterocycles. The summed E-state index contributed by atoms with van der Waals surface area (Å²) in [5, 5.41) is 11.7. The van der Waals surface area contributed by atoms with E-state index in [9.17, 15) is 4.79 Å². The summed E-state index contributed by atoms with van der Waals surface area (Å²) in [5.41, 5.74) is 6.55. The van der Waals surface area contributed by atoms with E-state index in [4.69, 9.17) is 15.6 Å². The smallest absolute Gasteiger partial charge is 0.251 e. The molecular formula is C12H18N2O3. The number of aliphatic hydroxyl groups excluding tert-OH is 1. The number of nitrogen functional groups attached to an aromatic ring is 1. The molecule has 0 aromatic heterocycles. The number of rotatable bonds is 5. The van der Waals surface area contributed by atoms with Gasteiger partial charge in [-0.25, -0.2) is 0 Å². The summed E-state index contributed by atoms with van der Waals surface area (Å²) in [6, 6.07) is 4.58. The minimum absolute atomic E-state index is 0.0817. The molecule has 1 aromatic rings. The standard InChI is InChI=1S/C12H18N2O3/c1-3-10(7-15)14-12(16)8-4-9(13)6-11(5-8)17-2/h4-6,10,15H,3,7,13H2,1-2H3,(H,14,16)/t10-/m1/s1. The minimum atomic E-state index is -0.267. The Bertz CT molecular complexity index is 389. The third kappa shape index (κ3) is 3.64. The van der Waals surface area contributed by atoms with Crippen molar-refractivity contribution in [2.45, 2.75) is 19.4 Å². The molecule has 94 valence electrons. The van der Waals surface area contributed by atoms with Crippen LogP contribution in [-0.2, 0) is 0 Å². The summed E-state index contributed by atoms with van der Waals surface area (Å²) < 4.78 is 5.03. The van der Waals surface area contributed by atoms with E-state index in [1.54, 1.807) is 18.2 Å². The van der Waals surface area contributed by atoms with Crippen LogP contribution in [0.1, 0.15) is 23.7 Å². The van der Waals surface area contributed by atoms with Crippen molar-refractivity contribution < 1.29 is 14.6 Å². The van der Waals surface area contributed by atoms with Crippen molar-refractivity contribution in [2.75, 3.05) is 19.5 Å². The molecule has 0 aliphatic rings. The lowest BCUT2D eigenvalue weighted by atomic mass is 10.1. The van der Waals surface area contributed by atoms with Gasteiger partial charge in [0.25, 0.3) is 5.91 Å². The van der Waals surface area contributed by atoms with Crippen LogP contribution in [0.3, 0.4) is 0 Å². The molecular weight excluding hydrogens is 220 g/mol. The van der Waals surface area contributed by atoms with Crippen LogP contribution in [0.25, 0.3) is 0 Å². The van der Waals surface area contributed by atoms with E-state index in [0.717, 1.165) is 0 Å². The summed E-state index contributed by atoms with van der Waals surface area (Å²) in [6.45, 7) is 1.81. The van der Waals surface area contributed by atoms with Gasteiger partial charge < -0.3 is 20.9 Å².